The molecule has 1 N–H and O–H groups in total. The summed E-state index contributed by atoms with van der Waals surface area (Å²) in [7, 11) is 1.18. The second kappa shape index (κ2) is 4.14. The SMILES string of the molecule is COc1c([N+](=O)[O-])ccc(C(=O)O)c1Cl. The lowest BCUT2D eigenvalue weighted by molar-refractivity contribution is -0.385. The van der Waals surface area contributed by atoms with Gasteiger partial charge in [0.05, 0.1) is 17.6 Å². The highest BCUT2D eigenvalue weighted by Crippen LogP contribution is 2.36. The van der Waals surface area contributed by atoms with Crippen LogP contribution in [0.25, 0.3) is 0 Å². The highest BCUT2D eigenvalue weighted by atomic mass is 35.5. The fourth-order valence-corrected chi connectivity index (χ4v) is 1.37. The molecule has 0 aliphatic heterocycles. The summed E-state index contributed by atoms with van der Waals surface area (Å²) in [4.78, 5) is 20.5. The van der Waals surface area contributed by atoms with Crippen LogP contribution in [0.5, 0.6) is 5.75 Å². The number of hydrogen-bond acceptors (Lipinski definition) is 4. The predicted molar refractivity (Wildman–Crippen MR) is 51.6 cm³/mol. The Balaban J connectivity index is 3.45. The molecule has 0 saturated heterocycles. The number of nitrogens with zero attached hydrogens (tertiary/aromatic N) is 1. The highest BCUT2D eigenvalue weighted by Gasteiger charge is 2.23. The Hall–Kier alpha value is -1.82. The number of benzene rings is 1. The van der Waals surface area contributed by atoms with Crippen molar-refractivity contribution in [2.75, 3.05) is 7.11 Å². The fraction of sp³-hybridized carbons (Fsp3) is 0.125. The normalized spacial score (nSPS) is 9.73. The van der Waals surface area contributed by atoms with Gasteiger partial charge in [-0.2, -0.15) is 0 Å². The number of hydrogen-bond donors (Lipinski definition) is 1. The Labute approximate surface area is 89.2 Å². The lowest BCUT2D eigenvalue weighted by Gasteiger charge is -2.05. The Morgan fingerprint density at radius 1 is 1.60 bits per heavy atom. The first kappa shape index (κ1) is 11.3. The zero-order valence-electron chi connectivity index (χ0n) is 7.56. The van der Waals surface area contributed by atoms with Crippen LogP contribution >= 0.6 is 11.6 Å². The van der Waals surface area contributed by atoms with Crippen LogP contribution in [0.15, 0.2) is 12.1 Å². The number of nitro benzene ring substituents is 1. The minimum absolute atomic E-state index is 0.237. The molecule has 0 saturated carbocycles. The maximum Gasteiger partial charge on any atom is 0.337 e. The predicted octanol–water partition coefficient (Wildman–Crippen LogP) is 1.95. The fourth-order valence-electron chi connectivity index (χ4n) is 1.05. The molecule has 0 aliphatic carbocycles. The van der Waals surface area contributed by atoms with E-state index in [1.54, 1.807) is 0 Å². The number of rotatable bonds is 3. The van der Waals surface area contributed by atoms with Crippen LogP contribution in [-0.2, 0) is 0 Å². The third kappa shape index (κ3) is 1.99. The number of aromatic carboxylic acids is 1. The van der Waals surface area contributed by atoms with Crippen molar-refractivity contribution < 1.29 is 19.6 Å². The smallest absolute Gasteiger partial charge is 0.337 e. The van der Waals surface area contributed by atoms with Crippen molar-refractivity contribution >= 4 is 23.3 Å². The molecule has 0 spiro atoms. The molecule has 7 heteroatoms. The molecule has 0 radical (unpaired) electrons. The number of nitro groups is 1. The zero-order chi connectivity index (χ0) is 11.6. The van der Waals surface area contributed by atoms with E-state index in [-0.39, 0.29) is 22.0 Å². The van der Waals surface area contributed by atoms with Gasteiger partial charge >= 0.3 is 11.7 Å². The second-order valence-corrected chi connectivity index (χ2v) is 2.92. The summed E-state index contributed by atoms with van der Waals surface area (Å²) in [6.07, 6.45) is 0. The van der Waals surface area contributed by atoms with Crippen LogP contribution in [0.1, 0.15) is 10.4 Å². The molecule has 1 aromatic carbocycles. The van der Waals surface area contributed by atoms with Crippen molar-refractivity contribution in [1.29, 1.82) is 0 Å². The zero-order valence-corrected chi connectivity index (χ0v) is 8.32. The highest BCUT2D eigenvalue weighted by molar-refractivity contribution is 6.35. The minimum Gasteiger partial charge on any atom is -0.489 e. The van der Waals surface area contributed by atoms with Gasteiger partial charge in [0.1, 0.15) is 5.02 Å². The van der Waals surface area contributed by atoms with E-state index in [0.29, 0.717) is 0 Å². The number of carboxylic acids is 1. The van der Waals surface area contributed by atoms with E-state index in [1.807, 2.05) is 0 Å². The number of carbonyl (C=O) groups is 1. The molecule has 80 valence electrons. The van der Waals surface area contributed by atoms with Crippen LogP contribution < -0.4 is 4.74 Å². The first-order chi connectivity index (χ1) is 6.99. The maximum atomic E-state index is 10.7. The molecular formula is C8H6ClNO5. The molecular weight excluding hydrogens is 226 g/mol. The first-order valence-electron chi connectivity index (χ1n) is 3.73. The molecule has 0 amide bonds. The van der Waals surface area contributed by atoms with Crippen molar-refractivity contribution in [3.05, 3.63) is 32.8 Å². The van der Waals surface area contributed by atoms with Crippen LogP contribution in [0.4, 0.5) is 5.69 Å². The summed E-state index contributed by atoms with van der Waals surface area (Å²) >= 11 is 5.64. The van der Waals surface area contributed by atoms with Gasteiger partial charge in [-0.15, -0.1) is 0 Å². The Bertz CT molecular complexity index is 431. The molecule has 15 heavy (non-hydrogen) atoms. The quantitative estimate of drug-likeness (QED) is 0.634. The average Bonchev–Trinajstić information content (AvgIpc) is 2.16. The van der Waals surface area contributed by atoms with Crippen molar-refractivity contribution in [3.63, 3.8) is 0 Å². The number of carboxylic acid groups (broad SMARTS) is 1. The van der Waals surface area contributed by atoms with Gasteiger partial charge in [-0.05, 0) is 6.07 Å². The molecule has 6 nitrogen and oxygen atoms in total. The van der Waals surface area contributed by atoms with Crippen LogP contribution in [0.3, 0.4) is 0 Å². The standard InChI is InChI=1S/C8H6ClNO5/c1-15-7-5(10(13)14)3-2-4(6(7)9)8(11)12/h2-3H,1H3,(H,11,12). The Kier molecular flexibility index (Phi) is 3.11. The Morgan fingerprint density at radius 2 is 2.20 bits per heavy atom. The molecule has 0 aromatic heterocycles. The summed E-state index contributed by atoms with van der Waals surface area (Å²) in [5, 5.41) is 19.0. The molecule has 0 unspecified atom stereocenters. The molecule has 1 rings (SSSR count). The second-order valence-electron chi connectivity index (χ2n) is 2.54. The van der Waals surface area contributed by atoms with E-state index >= 15 is 0 Å². The molecule has 0 fully saturated rings. The van der Waals surface area contributed by atoms with Crippen molar-refractivity contribution in [1.82, 2.24) is 0 Å². The van der Waals surface area contributed by atoms with Gasteiger partial charge in [0.25, 0.3) is 0 Å². The number of methoxy groups -OCH3 is 1. The monoisotopic (exact) mass is 231 g/mol. The lowest BCUT2D eigenvalue weighted by atomic mass is 10.2. The lowest BCUT2D eigenvalue weighted by Crippen LogP contribution is -2.01. The van der Waals surface area contributed by atoms with E-state index in [0.717, 1.165) is 12.1 Å². The number of halogens is 1. The summed E-state index contributed by atoms with van der Waals surface area (Å²) < 4.78 is 4.69. The summed E-state index contributed by atoms with van der Waals surface area (Å²) in [5.41, 5.74) is -0.605. The van der Waals surface area contributed by atoms with Gasteiger partial charge in [0.2, 0.25) is 5.75 Å². The molecule has 0 aliphatic rings. The van der Waals surface area contributed by atoms with Gasteiger partial charge in [-0.3, -0.25) is 10.1 Å². The maximum absolute atomic E-state index is 10.7. The van der Waals surface area contributed by atoms with Crippen LogP contribution in [-0.4, -0.2) is 23.1 Å². The van der Waals surface area contributed by atoms with Gasteiger partial charge < -0.3 is 9.84 Å². The number of ether oxygens (including phenoxy) is 1. The van der Waals surface area contributed by atoms with Crippen LogP contribution in [0, 0.1) is 10.1 Å². The Morgan fingerprint density at radius 3 is 2.60 bits per heavy atom. The summed E-state index contributed by atoms with van der Waals surface area (Å²) in [6, 6.07) is 2.10. The van der Waals surface area contributed by atoms with E-state index in [4.69, 9.17) is 21.4 Å². The third-order valence-electron chi connectivity index (χ3n) is 1.71. The topological polar surface area (TPSA) is 89.7 Å². The van der Waals surface area contributed by atoms with E-state index in [2.05, 4.69) is 0 Å². The third-order valence-corrected chi connectivity index (χ3v) is 2.08. The minimum atomic E-state index is -1.27. The van der Waals surface area contributed by atoms with Crippen molar-refractivity contribution in [2.45, 2.75) is 0 Å². The largest absolute Gasteiger partial charge is 0.489 e. The molecule has 0 bridgehead atoms. The van der Waals surface area contributed by atoms with Gasteiger partial charge in [0, 0.05) is 6.07 Å². The van der Waals surface area contributed by atoms with E-state index in [9.17, 15) is 14.9 Å². The molecule has 0 heterocycles. The van der Waals surface area contributed by atoms with Crippen molar-refractivity contribution in [3.8, 4) is 5.75 Å². The van der Waals surface area contributed by atoms with E-state index < -0.39 is 10.9 Å². The molecule has 1 aromatic rings. The first-order valence-corrected chi connectivity index (χ1v) is 4.11. The summed E-state index contributed by atoms with van der Waals surface area (Å²) in [5.74, 6) is -1.52. The average molecular weight is 232 g/mol. The molecule has 0 atom stereocenters. The van der Waals surface area contributed by atoms with E-state index in [1.165, 1.54) is 7.11 Å². The van der Waals surface area contributed by atoms with Crippen molar-refractivity contribution in [2.24, 2.45) is 0 Å². The summed E-state index contributed by atoms with van der Waals surface area (Å²) in [6.45, 7) is 0. The van der Waals surface area contributed by atoms with Gasteiger partial charge in [0.15, 0.2) is 0 Å². The van der Waals surface area contributed by atoms with Crippen LogP contribution in [0.2, 0.25) is 5.02 Å². The van der Waals surface area contributed by atoms with Gasteiger partial charge in [-0.1, -0.05) is 11.6 Å². The van der Waals surface area contributed by atoms with Gasteiger partial charge in [-0.25, -0.2) is 4.79 Å².